The van der Waals surface area contributed by atoms with Crippen LogP contribution < -0.4 is 9.64 Å². The van der Waals surface area contributed by atoms with Gasteiger partial charge in [-0.15, -0.1) is 0 Å². The van der Waals surface area contributed by atoms with Crippen LogP contribution in [0.15, 0.2) is 48.8 Å². The second-order valence-corrected chi connectivity index (χ2v) is 6.96. The van der Waals surface area contributed by atoms with E-state index in [1.807, 2.05) is 0 Å². The maximum Gasteiger partial charge on any atom is 0.387 e. The fraction of sp³-hybridized carbons (Fsp3) is 0.200. The summed E-state index contributed by atoms with van der Waals surface area (Å²) < 4.78 is 60.3. The standard InChI is InChI=1S/C20H13F4N3O2/c21-14-9-12(11-1-3-13(4-2-11)29-18(23)24)10-15(22)16(14)27-17(28)20(5-6-20)26-8-7-25-19(26)27/h1-4,7-10,18H,5-6H2. The van der Waals surface area contributed by atoms with Gasteiger partial charge in [0, 0.05) is 12.4 Å². The van der Waals surface area contributed by atoms with E-state index in [2.05, 4.69) is 9.72 Å². The van der Waals surface area contributed by atoms with Gasteiger partial charge >= 0.3 is 6.61 Å². The van der Waals surface area contributed by atoms with Crippen LogP contribution in [-0.2, 0) is 10.3 Å². The van der Waals surface area contributed by atoms with Crippen molar-refractivity contribution in [3.63, 3.8) is 0 Å². The Morgan fingerprint density at radius 1 is 1.03 bits per heavy atom. The molecule has 2 heterocycles. The Kier molecular flexibility index (Phi) is 3.71. The highest BCUT2D eigenvalue weighted by Crippen LogP contribution is 2.54. The third-order valence-corrected chi connectivity index (χ3v) is 5.26. The molecule has 1 saturated carbocycles. The van der Waals surface area contributed by atoms with Gasteiger partial charge in [-0.1, -0.05) is 12.1 Å². The molecule has 1 spiro atoms. The van der Waals surface area contributed by atoms with E-state index in [1.165, 1.54) is 30.5 Å². The summed E-state index contributed by atoms with van der Waals surface area (Å²) in [6, 6.07) is 7.59. The molecule has 1 aromatic heterocycles. The number of nitrogens with zero attached hydrogens (tertiary/aromatic N) is 3. The topological polar surface area (TPSA) is 47.4 Å². The van der Waals surface area contributed by atoms with Gasteiger partial charge in [0.25, 0.3) is 5.91 Å². The fourth-order valence-electron chi connectivity index (χ4n) is 3.75. The smallest absolute Gasteiger partial charge is 0.387 e. The van der Waals surface area contributed by atoms with E-state index in [1.54, 1.807) is 10.8 Å². The highest BCUT2D eigenvalue weighted by molar-refractivity contribution is 6.09. The molecule has 0 saturated heterocycles. The molecule has 1 aliphatic carbocycles. The number of ether oxygens (including phenoxy) is 1. The number of anilines is 2. The first kappa shape index (κ1) is 17.7. The average molecular weight is 403 g/mol. The molecule has 1 fully saturated rings. The van der Waals surface area contributed by atoms with Crippen LogP contribution in [0.3, 0.4) is 0 Å². The molecule has 29 heavy (non-hydrogen) atoms. The van der Waals surface area contributed by atoms with Crippen molar-refractivity contribution in [2.24, 2.45) is 0 Å². The van der Waals surface area contributed by atoms with Crippen LogP contribution in [0.2, 0.25) is 0 Å². The second kappa shape index (κ2) is 6.07. The van der Waals surface area contributed by atoms with Crippen molar-refractivity contribution >= 4 is 17.5 Å². The number of hydrogen-bond donors (Lipinski definition) is 0. The number of aromatic nitrogens is 2. The molecule has 0 unspecified atom stereocenters. The van der Waals surface area contributed by atoms with Gasteiger partial charge in [0.2, 0.25) is 5.95 Å². The molecule has 2 aliphatic rings. The average Bonchev–Trinajstić information content (AvgIpc) is 3.29. The number of amides is 1. The number of hydrogen-bond acceptors (Lipinski definition) is 3. The summed E-state index contributed by atoms with van der Waals surface area (Å²) in [7, 11) is 0. The van der Waals surface area contributed by atoms with Crippen LogP contribution in [0, 0.1) is 11.6 Å². The van der Waals surface area contributed by atoms with Gasteiger partial charge in [-0.05, 0) is 48.2 Å². The number of fused-ring (bicyclic) bond motifs is 2. The highest BCUT2D eigenvalue weighted by Gasteiger charge is 2.60. The van der Waals surface area contributed by atoms with Crippen LogP contribution in [0.4, 0.5) is 29.2 Å². The highest BCUT2D eigenvalue weighted by atomic mass is 19.3. The predicted molar refractivity (Wildman–Crippen MR) is 95.0 cm³/mol. The fourth-order valence-corrected chi connectivity index (χ4v) is 3.75. The van der Waals surface area contributed by atoms with E-state index in [0.29, 0.717) is 18.4 Å². The third-order valence-electron chi connectivity index (χ3n) is 5.26. The summed E-state index contributed by atoms with van der Waals surface area (Å²) in [5.41, 5.74) is -0.663. The quantitative estimate of drug-likeness (QED) is 0.599. The zero-order valence-electron chi connectivity index (χ0n) is 14.8. The molecular formula is C20H13F4N3O2. The van der Waals surface area contributed by atoms with Crippen LogP contribution in [-0.4, -0.2) is 22.1 Å². The van der Waals surface area contributed by atoms with Crippen molar-refractivity contribution in [1.29, 1.82) is 0 Å². The molecule has 0 radical (unpaired) electrons. The molecule has 9 heteroatoms. The third kappa shape index (κ3) is 2.60. The lowest BCUT2D eigenvalue weighted by molar-refractivity contribution is -0.120. The van der Waals surface area contributed by atoms with Crippen molar-refractivity contribution in [2.45, 2.75) is 25.0 Å². The van der Waals surface area contributed by atoms with E-state index in [4.69, 9.17) is 0 Å². The molecule has 2 aromatic carbocycles. The number of carbonyl (C=O) groups is 1. The SMILES string of the molecule is O=C1N(c2c(F)cc(-c3ccc(OC(F)F)cc3)cc2F)c2nccn2C12CC2. The largest absolute Gasteiger partial charge is 0.435 e. The minimum absolute atomic E-state index is 0.0643. The molecule has 0 N–H and O–H groups in total. The summed E-state index contributed by atoms with van der Waals surface area (Å²) in [4.78, 5) is 17.9. The van der Waals surface area contributed by atoms with Crippen LogP contribution in [0.5, 0.6) is 5.75 Å². The first-order valence-electron chi connectivity index (χ1n) is 8.83. The van der Waals surface area contributed by atoms with E-state index in [9.17, 15) is 22.4 Å². The molecule has 1 amide bonds. The van der Waals surface area contributed by atoms with E-state index < -0.39 is 35.4 Å². The van der Waals surface area contributed by atoms with Crippen molar-refractivity contribution in [3.05, 3.63) is 60.4 Å². The Bertz CT molecular complexity index is 1100. The van der Waals surface area contributed by atoms with Gasteiger partial charge < -0.3 is 9.30 Å². The summed E-state index contributed by atoms with van der Waals surface area (Å²) in [6.45, 7) is -2.96. The van der Waals surface area contributed by atoms with Crippen LogP contribution >= 0.6 is 0 Å². The van der Waals surface area contributed by atoms with Crippen molar-refractivity contribution < 1.29 is 27.1 Å². The maximum absolute atomic E-state index is 15.0. The van der Waals surface area contributed by atoms with Crippen molar-refractivity contribution in [3.8, 4) is 16.9 Å². The minimum Gasteiger partial charge on any atom is -0.435 e. The first-order valence-corrected chi connectivity index (χ1v) is 8.83. The Balaban J connectivity index is 1.52. The van der Waals surface area contributed by atoms with E-state index in [-0.39, 0.29) is 17.3 Å². The Morgan fingerprint density at radius 2 is 1.69 bits per heavy atom. The molecule has 3 aromatic rings. The zero-order chi connectivity index (χ0) is 20.3. The molecule has 0 bridgehead atoms. The number of imidazole rings is 1. The number of alkyl halides is 2. The summed E-state index contributed by atoms with van der Waals surface area (Å²) in [6.07, 6.45) is 4.32. The summed E-state index contributed by atoms with van der Waals surface area (Å²) in [5, 5.41) is 0. The second-order valence-electron chi connectivity index (χ2n) is 6.96. The Labute approximate surface area is 162 Å². The lowest BCUT2D eigenvalue weighted by Crippen LogP contribution is -2.31. The van der Waals surface area contributed by atoms with E-state index in [0.717, 1.165) is 17.0 Å². The minimum atomic E-state index is -2.96. The van der Waals surface area contributed by atoms with Gasteiger partial charge in [0.15, 0.2) is 11.6 Å². The van der Waals surface area contributed by atoms with Crippen LogP contribution in [0.25, 0.3) is 11.1 Å². The maximum atomic E-state index is 15.0. The van der Waals surface area contributed by atoms with Crippen LogP contribution in [0.1, 0.15) is 12.8 Å². The normalized spacial score (nSPS) is 16.6. The van der Waals surface area contributed by atoms with Gasteiger partial charge in [0.1, 0.15) is 17.0 Å². The van der Waals surface area contributed by atoms with Gasteiger partial charge in [-0.3, -0.25) is 4.79 Å². The summed E-state index contributed by atoms with van der Waals surface area (Å²) in [5.74, 6) is -2.13. The van der Waals surface area contributed by atoms with Gasteiger partial charge in [0.05, 0.1) is 0 Å². The predicted octanol–water partition coefficient (Wildman–Crippen LogP) is 4.60. The molecule has 0 atom stereocenters. The number of halogens is 4. The number of rotatable bonds is 4. The number of carbonyl (C=O) groups excluding carboxylic acids is 1. The number of benzene rings is 2. The van der Waals surface area contributed by atoms with Gasteiger partial charge in [-0.25, -0.2) is 18.7 Å². The molecule has 1 aliphatic heterocycles. The van der Waals surface area contributed by atoms with Crippen molar-refractivity contribution in [2.75, 3.05) is 4.90 Å². The molecule has 148 valence electrons. The molecule has 5 nitrogen and oxygen atoms in total. The molecular weight excluding hydrogens is 390 g/mol. The first-order chi connectivity index (χ1) is 13.9. The van der Waals surface area contributed by atoms with E-state index >= 15 is 0 Å². The molecule has 5 rings (SSSR count). The Hall–Kier alpha value is -3.36. The lowest BCUT2D eigenvalue weighted by Gasteiger charge is -2.18. The zero-order valence-corrected chi connectivity index (χ0v) is 14.8. The Morgan fingerprint density at radius 3 is 2.28 bits per heavy atom. The lowest BCUT2D eigenvalue weighted by atomic mass is 10.0. The monoisotopic (exact) mass is 403 g/mol. The summed E-state index contributed by atoms with van der Waals surface area (Å²) >= 11 is 0. The van der Waals surface area contributed by atoms with Gasteiger partial charge in [-0.2, -0.15) is 8.78 Å². The van der Waals surface area contributed by atoms with Crippen molar-refractivity contribution in [1.82, 2.24) is 9.55 Å².